The van der Waals surface area contributed by atoms with Crippen molar-refractivity contribution in [2.45, 2.75) is 13.8 Å². The highest BCUT2D eigenvalue weighted by Crippen LogP contribution is 2.44. The second-order valence-corrected chi connectivity index (χ2v) is 10.3. The summed E-state index contributed by atoms with van der Waals surface area (Å²) in [4.78, 5) is 9.10. The lowest BCUT2D eigenvalue weighted by atomic mass is 9.85. The van der Waals surface area contributed by atoms with Gasteiger partial charge in [-0.3, -0.25) is 9.97 Å². The molecule has 0 saturated carbocycles. The Morgan fingerprint density at radius 2 is 0.850 bits per heavy atom. The van der Waals surface area contributed by atoms with Crippen LogP contribution in [0.4, 0.5) is 0 Å². The van der Waals surface area contributed by atoms with E-state index in [2.05, 4.69) is 133 Å². The van der Waals surface area contributed by atoms with Crippen molar-refractivity contribution in [1.82, 2.24) is 9.97 Å². The van der Waals surface area contributed by atoms with E-state index in [1.165, 1.54) is 60.5 Å². The Bertz CT molecular complexity index is 1800. The normalized spacial score (nSPS) is 11.2. The van der Waals surface area contributed by atoms with Crippen LogP contribution in [0.25, 0.3) is 66.2 Å². The van der Waals surface area contributed by atoms with Crippen molar-refractivity contribution >= 4 is 21.5 Å². The highest BCUT2D eigenvalue weighted by molar-refractivity contribution is 6.21. The minimum atomic E-state index is 1.03. The van der Waals surface area contributed by atoms with Crippen LogP contribution in [-0.4, -0.2) is 9.97 Å². The maximum atomic E-state index is 4.62. The molecule has 0 aliphatic heterocycles. The van der Waals surface area contributed by atoms with Gasteiger partial charge in [0.2, 0.25) is 0 Å². The van der Waals surface area contributed by atoms with Crippen molar-refractivity contribution < 1.29 is 0 Å². The molecule has 5 aromatic carbocycles. The van der Waals surface area contributed by atoms with E-state index >= 15 is 0 Å². The average molecular weight is 513 g/mol. The van der Waals surface area contributed by atoms with E-state index in [-0.39, 0.29) is 0 Å². The van der Waals surface area contributed by atoms with Gasteiger partial charge in [-0.05, 0) is 80.9 Å². The Hall–Kier alpha value is -5.08. The number of hydrogen-bond donors (Lipinski definition) is 0. The molecule has 2 aromatic heterocycles. The fourth-order valence-electron chi connectivity index (χ4n) is 5.94. The van der Waals surface area contributed by atoms with Crippen LogP contribution in [0.1, 0.15) is 11.3 Å². The standard InChI is InChI=1S/C38H28N2/c1-25-9-7-24-40-38(25)30-21-19-29(20-22-30)37-34-12-5-3-10-32(34)36(33-11-4-6-13-35(33)37)28-17-15-27(16-18-28)31-14-8-23-39-26(31)2/h3-24H,1-2H3. The molecule has 0 spiro atoms. The summed E-state index contributed by atoms with van der Waals surface area (Å²) in [6.07, 6.45) is 3.71. The summed E-state index contributed by atoms with van der Waals surface area (Å²) in [5.74, 6) is 0. The first-order chi connectivity index (χ1) is 19.7. The Morgan fingerprint density at radius 3 is 1.35 bits per heavy atom. The predicted molar refractivity (Wildman–Crippen MR) is 168 cm³/mol. The number of aryl methyl sites for hydroxylation is 2. The molecule has 2 heterocycles. The molecule has 0 aliphatic carbocycles. The molecule has 0 aliphatic rings. The van der Waals surface area contributed by atoms with Gasteiger partial charge in [-0.15, -0.1) is 0 Å². The number of rotatable bonds is 4. The van der Waals surface area contributed by atoms with Crippen LogP contribution in [0.15, 0.2) is 134 Å². The predicted octanol–water partition coefficient (Wildman–Crippen LogP) is 10.1. The first-order valence-corrected chi connectivity index (χ1v) is 13.7. The third kappa shape index (κ3) is 4.06. The largest absolute Gasteiger partial charge is 0.261 e. The smallest absolute Gasteiger partial charge is 0.0731 e. The Balaban J connectivity index is 1.42. The average Bonchev–Trinajstić information content (AvgIpc) is 3.01. The highest BCUT2D eigenvalue weighted by atomic mass is 14.7. The molecule has 40 heavy (non-hydrogen) atoms. The first-order valence-electron chi connectivity index (χ1n) is 13.7. The SMILES string of the molecule is Cc1cccnc1-c1ccc(-c2c3ccccc3c(-c3ccc(-c4cccnc4C)cc3)c3ccccc23)cc1. The van der Waals surface area contributed by atoms with Crippen LogP contribution >= 0.6 is 0 Å². The van der Waals surface area contributed by atoms with Crippen molar-refractivity contribution in [3.63, 3.8) is 0 Å². The third-order valence-electron chi connectivity index (χ3n) is 7.88. The van der Waals surface area contributed by atoms with E-state index in [1.807, 2.05) is 24.5 Å². The van der Waals surface area contributed by atoms with Crippen LogP contribution in [0.3, 0.4) is 0 Å². The second-order valence-electron chi connectivity index (χ2n) is 10.3. The molecule has 0 bridgehead atoms. The van der Waals surface area contributed by atoms with Gasteiger partial charge in [0.15, 0.2) is 0 Å². The lowest BCUT2D eigenvalue weighted by Crippen LogP contribution is -1.92. The summed E-state index contributed by atoms with van der Waals surface area (Å²) in [5.41, 5.74) is 11.7. The van der Waals surface area contributed by atoms with Gasteiger partial charge in [-0.25, -0.2) is 0 Å². The summed E-state index contributed by atoms with van der Waals surface area (Å²) in [6, 6.07) is 43.6. The van der Waals surface area contributed by atoms with E-state index in [4.69, 9.17) is 0 Å². The lowest BCUT2D eigenvalue weighted by Gasteiger charge is -2.18. The van der Waals surface area contributed by atoms with Gasteiger partial charge in [-0.2, -0.15) is 0 Å². The van der Waals surface area contributed by atoms with Gasteiger partial charge in [0.25, 0.3) is 0 Å². The monoisotopic (exact) mass is 512 g/mol. The topological polar surface area (TPSA) is 25.8 Å². The number of pyridine rings is 2. The van der Waals surface area contributed by atoms with E-state index in [9.17, 15) is 0 Å². The van der Waals surface area contributed by atoms with Crippen molar-refractivity contribution in [3.05, 3.63) is 145 Å². The number of hydrogen-bond acceptors (Lipinski definition) is 2. The molecule has 0 atom stereocenters. The van der Waals surface area contributed by atoms with E-state index in [0.717, 1.165) is 17.0 Å². The van der Waals surface area contributed by atoms with Crippen molar-refractivity contribution in [1.29, 1.82) is 0 Å². The molecular formula is C38H28N2. The van der Waals surface area contributed by atoms with Crippen LogP contribution in [0.2, 0.25) is 0 Å². The van der Waals surface area contributed by atoms with Crippen molar-refractivity contribution in [2.75, 3.05) is 0 Å². The van der Waals surface area contributed by atoms with Crippen LogP contribution in [0.5, 0.6) is 0 Å². The fourth-order valence-corrected chi connectivity index (χ4v) is 5.94. The summed E-state index contributed by atoms with van der Waals surface area (Å²) >= 11 is 0. The summed E-state index contributed by atoms with van der Waals surface area (Å²) < 4.78 is 0. The Kier molecular flexibility index (Phi) is 5.94. The third-order valence-corrected chi connectivity index (χ3v) is 7.88. The second kappa shape index (κ2) is 9.91. The Labute approximate surface area is 234 Å². The molecule has 0 N–H and O–H groups in total. The first kappa shape index (κ1) is 24.0. The fraction of sp³-hybridized carbons (Fsp3) is 0.0526. The number of nitrogens with zero attached hydrogens (tertiary/aromatic N) is 2. The summed E-state index contributed by atoms with van der Waals surface area (Å²) in [5, 5.41) is 5.02. The molecule has 7 rings (SSSR count). The van der Waals surface area contributed by atoms with Crippen LogP contribution in [-0.2, 0) is 0 Å². The van der Waals surface area contributed by atoms with E-state index in [0.29, 0.717) is 0 Å². The molecule has 0 amide bonds. The van der Waals surface area contributed by atoms with Gasteiger partial charge < -0.3 is 0 Å². The molecule has 7 aromatic rings. The maximum Gasteiger partial charge on any atom is 0.0731 e. The van der Waals surface area contributed by atoms with Crippen molar-refractivity contribution in [3.8, 4) is 44.6 Å². The zero-order chi connectivity index (χ0) is 27.1. The molecule has 0 saturated heterocycles. The molecular weight excluding hydrogens is 484 g/mol. The number of benzene rings is 5. The molecule has 2 heteroatoms. The molecule has 190 valence electrons. The van der Waals surface area contributed by atoms with Gasteiger partial charge in [0, 0.05) is 29.2 Å². The Morgan fingerprint density at radius 1 is 0.400 bits per heavy atom. The van der Waals surface area contributed by atoms with Gasteiger partial charge in [-0.1, -0.05) is 109 Å². The van der Waals surface area contributed by atoms with Gasteiger partial charge in [0.05, 0.1) is 5.69 Å². The maximum absolute atomic E-state index is 4.62. The van der Waals surface area contributed by atoms with E-state index < -0.39 is 0 Å². The minimum Gasteiger partial charge on any atom is -0.261 e. The zero-order valence-corrected chi connectivity index (χ0v) is 22.6. The number of aromatic nitrogens is 2. The summed E-state index contributed by atoms with van der Waals surface area (Å²) in [6.45, 7) is 4.17. The highest BCUT2D eigenvalue weighted by Gasteiger charge is 2.17. The molecule has 0 radical (unpaired) electrons. The molecule has 0 fully saturated rings. The van der Waals surface area contributed by atoms with E-state index in [1.54, 1.807) is 0 Å². The molecule has 0 unspecified atom stereocenters. The van der Waals surface area contributed by atoms with Gasteiger partial charge in [0.1, 0.15) is 0 Å². The number of fused-ring (bicyclic) bond motifs is 2. The molecule has 2 nitrogen and oxygen atoms in total. The zero-order valence-electron chi connectivity index (χ0n) is 22.6. The van der Waals surface area contributed by atoms with Crippen LogP contribution < -0.4 is 0 Å². The van der Waals surface area contributed by atoms with Crippen molar-refractivity contribution in [2.24, 2.45) is 0 Å². The quantitative estimate of drug-likeness (QED) is 0.219. The summed E-state index contributed by atoms with van der Waals surface area (Å²) in [7, 11) is 0. The van der Waals surface area contributed by atoms with Gasteiger partial charge >= 0.3 is 0 Å². The minimum absolute atomic E-state index is 1.03. The lowest BCUT2D eigenvalue weighted by molar-refractivity contribution is 1.20. The van der Waals surface area contributed by atoms with Crippen LogP contribution in [0, 0.1) is 13.8 Å².